The van der Waals surface area contributed by atoms with Crippen LogP contribution in [0, 0.1) is 0 Å². The van der Waals surface area contributed by atoms with Crippen molar-refractivity contribution >= 4 is 0 Å². The first kappa shape index (κ1) is 9.70. The number of rotatable bonds is 6. The van der Waals surface area contributed by atoms with Crippen molar-refractivity contribution in [3.63, 3.8) is 0 Å². The lowest BCUT2D eigenvalue weighted by atomic mass is 10.3. The summed E-state index contributed by atoms with van der Waals surface area (Å²) in [6.45, 7) is 11.6. The van der Waals surface area contributed by atoms with Gasteiger partial charge in [-0.2, -0.15) is 0 Å². The van der Waals surface area contributed by atoms with E-state index in [2.05, 4.69) is 25.3 Å². The Hall–Kier alpha value is -0.300. The quantitative estimate of drug-likeness (QED) is 0.513. The van der Waals surface area contributed by atoms with Gasteiger partial charge >= 0.3 is 0 Å². The second-order valence-corrected chi connectivity index (χ2v) is 2.59. The molecule has 60 valence electrons. The zero-order chi connectivity index (χ0) is 7.82. The molecule has 0 saturated carbocycles. The highest BCUT2D eigenvalue weighted by Crippen LogP contribution is 1.92. The summed E-state index contributed by atoms with van der Waals surface area (Å²) in [7, 11) is 0. The van der Waals surface area contributed by atoms with E-state index >= 15 is 0 Å². The molecule has 0 aromatic heterocycles. The van der Waals surface area contributed by atoms with Gasteiger partial charge in [0, 0.05) is 6.54 Å². The van der Waals surface area contributed by atoms with E-state index in [1.54, 1.807) is 0 Å². The lowest BCUT2D eigenvalue weighted by Crippen LogP contribution is -2.25. The lowest BCUT2D eigenvalue weighted by molar-refractivity contribution is 0.304. The van der Waals surface area contributed by atoms with Crippen molar-refractivity contribution in [3.05, 3.63) is 12.7 Å². The molecule has 0 radical (unpaired) electrons. The zero-order valence-corrected chi connectivity index (χ0v) is 7.27. The molecule has 0 atom stereocenters. The average molecular weight is 141 g/mol. The molecule has 0 N–H and O–H groups in total. The Balaban J connectivity index is 3.38. The number of hydrogen-bond acceptors (Lipinski definition) is 1. The van der Waals surface area contributed by atoms with Crippen LogP contribution < -0.4 is 0 Å². The molecular weight excluding hydrogens is 122 g/mol. The summed E-state index contributed by atoms with van der Waals surface area (Å²) in [5.41, 5.74) is 0. The van der Waals surface area contributed by atoms with Crippen LogP contribution in [0.15, 0.2) is 12.7 Å². The topological polar surface area (TPSA) is 3.24 Å². The molecule has 0 fully saturated rings. The van der Waals surface area contributed by atoms with Crippen molar-refractivity contribution in [1.82, 2.24) is 4.90 Å². The molecule has 0 aliphatic carbocycles. The van der Waals surface area contributed by atoms with Gasteiger partial charge in [0.15, 0.2) is 0 Å². The third-order valence-electron chi connectivity index (χ3n) is 1.47. The predicted molar refractivity (Wildman–Crippen MR) is 47.2 cm³/mol. The summed E-state index contributed by atoms with van der Waals surface area (Å²) in [6, 6.07) is 0. The molecule has 0 aromatic rings. The van der Waals surface area contributed by atoms with E-state index in [0.717, 1.165) is 6.54 Å². The molecule has 0 amide bonds. The van der Waals surface area contributed by atoms with Gasteiger partial charge in [-0.3, -0.25) is 4.90 Å². The van der Waals surface area contributed by atoms with Gasteiger partial charge in [0.05, 0.1) is 0 Å². The van der Waals surface area contributed by atoms with E-state index in [1.807, 2.05) is 6.08 Å². The van der Waals surface area contributed by atoms with Gasteiger partial charge in [-0.1, -0.05) is 19.9 Å². The Morgan fingerprint density at radius 1 is 1.20 bits per heavy atom. The minimum absolute atomic E-state index is 1.04. The smallest absolute Gasteiger partial charge is 0.0160 e. The number of hydrogen-bond donors (Lipinski definition) is 0. The van der Waals surface area contributed by atoms with Crippen molar-refractivity contribution in [1.29, 1.82) is 0 Å². The molecule has 0 heterocycles. The first-order valence-corrected chi connectivity index (χ1v) is 4.18. The minimum atomic E-state index is 1.04. The van der Waals surface area contributed by atoms with Crippen molar-refractivity contribution in [2.24, 2.45) is 0 Å². The summed E-state index contributed by atoms with van der Waals surface area (Å²) >= 11 is 0. The summed E-state index contributed by atoms with van der Waals surface area (Å²) in [6.07, 6.45) is 4.47. The van der Waals surface area contributed by atoms with E-state index < -0.39 is 0 Å². The van der Waals surface area contributed by atoms with Crippen molar-refractivity contribution < 1.29 is 0 Å². The predicted octanol–water partition coefficient (Wildman–Crippen LogP) is 2.29. The summed E-state index contributed by atoms with van der Waals surface area (Å²) < 4.78 is 0. The molecule has 0 unspecified atom stereocenters. The van der Waals surface area contributed by atoms with E-state index in [0.29, 0.717) is 0 Å². The number of nitrogens with zero attached hydrogens (tertiary/aromatic N) is 1. The molecule has 0 aromatic carbocycles. The molecular formula is C9H19N. The maximum Gasteiger partial charge on any atom is 0.0160 e. The van der Waals surface area contributed by atoms with Gasteiger partial charge in [0.25, 0.3) is 0 Å². The van der Waals surface area contributed by atoms with E-state index in [9.17, 15) is 0 Å². The summed E-state index contributed by atoms with van der Waals surface area (Å²) in [5, 5.41) is 0. The fourth-order valence-electron chi connectivity index (χ4n) is 1.11. The minimum Gasteiger partial charge on any atom is -0.300 e. The monoisotopic (exact) mass is 141 g/mol. The van der Waals surface area contributed by atoms with Crippen LogP contribution in [-0.4, -0.2) is 24.5 Å². The van der Waals surface area contributed by atoms with E-state index in [1.165, 1.54) is 25.9 Å². The third kappa shape index (κ3) is 4.57. The highest BCUT2D eigenvalue weighted by Gasteiger charge is 1.97. The van der Waals surface area contributed by atoms with Gasteiger partial charge in [-0.05, 0) is 25.9 Å². The molecule has 0 aliphatic rings. The SMILES string of the molecule is C=CCN(CCC)CCC. The fraction of sp³-hybridized carbons (Fsp3) is 0.778. The maximum absolute atomic E-state index is 3.72. The Kier molecular flexibility index (Phi) is 6.61. The normalized spacial score (nSPS) is 10.3. The van der Waals surface area contributed by atoms with Gasteiger partial charge in [-0.25, -0.2) is 0 Å². The van der Waals surface area contributed by atoms with Gasteiger partial charge in [0.1, 0.15) is 0 Å². The highest BCUT2D eigenvalue weighted by atomic mass is 15.1. The van der Waals surface area contributed by atoms with Gasteiger partial charge in [0.2, 0.25) is 0 Å². The lowest BCUT2D eigenvalue weighted by Gasteiger charge is -2.18. The summed E-state index contributed by atoms with van der Waals surface area (Å²) in [4.78, 5) is 2.42. The second kappa shape index (κ2) is 6.81. The van der Waals surface area contributed by atoms with Gasteiger partial charge in [-0.15, -0.1) is 6.58 Å². The standard InChI is InChI=1S/C9H19N/c1-4-7-10(8-5-2)9-6-3/h4H,1,5-9H2,2-3H3. The fourth-order valence-corrected chi connectivity index (χ4v) is 1.11. The molecule has 1 heteroatoms. The van der Waals surface area contributed by atoms with Crippen LogP contribution in [0.25, 0.3) is 0 Å². The Morgan fingerprint density at radius 2 is 1.70 bits per heavy atom. The molecule has 10 heavy (non-hydrogen) atoms. The summed E-state index contributed by atoms with van der Waals surface area (Å²) in [5.74, 6) is 0. The van der Waals surface area contributed by atoms with Gasteiger partial charge < -0.3 is 0 Å². The van der Waals surface area contributed by atoms with Crippen LogP contribution in [0.1, 0.15) is 26.7 Å². The van der Waals surface area contributed by atoms with Crippen LogP contribution in [0.4, 0.5) is 0 Å². The second-order valence-electron chi connectivity index (χ2n) is 2.59. The first-order chi connectivity index (χ1) is 4.85. The third-order valence-corrected chi connectivity index (χ3v) is 1.47. The van der Waals surface area contributed by atoms with Crippen molar-refractivity contribution in [2.75, 3.05) is 19.6 Å². The Bertz CT molecular complexity index is 72.8. The molecule has 1 nitrogen and oxygen atoms in total. The maximum atomic E-state index is 3.72. The molecule has 0 rings (SSSR count). The van der Waals surface area contributed by atoms with E-state index in [-0.39, 0.29) is 0 Å². The van der Waals surface area contributed by atoms with Crippen LogP contribution in [0.5, 0.6) is 0 Å². The van der Waals surface area contributed by atoms with Crippen LogP contribution in [-0.2, 0) is 0 Å². The zero-order valence-electron chi connectivity index (χ0n) is 7.27. The largest absolute Gasteiger partial charge is 0.300 e. The molecule has 0 spiro atoms. The Morgan fingerprint density at radius 3 is 2.00 bits per heavy atom. The van der Waals surface area contributed by atoms with Crippen molar-refractivity contribution in [3.8, 4) is 0 Å². The first-order valence-electron chi connectivity index (χ1n) is 4.18. The van der Waals surface area contributed by atoms with E-state index in [4.69, 9.17) is 0 Å². The van der Waals surface area contributed by atoms with Crippen LogP contribution in [0.3, 0.4) is 0 Å². The highest BCUT2D eigenvalue weighted by molar-refractivity contribution is 4.72. The van der Waals surface area contributed by atoms with Crippen LogP contribution >= 0.6 is 0 Å². The average Bonchev–Trinajstić information content (AvgIpc) is 1.90. The van der Waals surface area contributed by atoms with Crippen LogP contribution in [0.2, 0.25) is 0 Å². The molecule has 0 saturated heterocycles. The molecule has 0 aliphatic heterocycles. The Labute approximate surface area is 64.7 Å². The molecule has 0 bridgehead atoms. The van der Waals surface area contributed by atoms with Crippen molar-refractivity contribution in [2.45, 2.75) is 26.7 Å².